The van der Waals surface area contributed by atoms with Crippen LogP contribution in [-0.4, -0.2) is 36.0 Å². The second-order valence-corrected chi connectivity index (χ2v) is 21.1. The van der Waals surface area contributed by atoms with Crippen LogP contribution in [0.4, 0.5) is 0 Å². The van der Waals surface area contributed by atoms with E-state index in [4.69, 9.17) is 4.74 Å². The number of ether oxygens (including phenoxy) is 1. The first-order valence-corrected chi connectivity index (χ1v) is 18.0. The third-order valence-corrected chi connectivity index (χ3v) is 20.9. The zero-order chi connectivity index (χ0) is 19.7. The quantitative estimate of drug-likeness (QED) is 0.254. The van der Waals surface area contributed by atoms with Gasteiger partial charge in [-0.15, -0.1) is 0 Å². The molecule has 0 heterocycles. The van der Waals surface area contributed by atoms with Crippen LogP contribution in [0.1, 0.15) is 80.1 Å². The first kappa shape index (κ1) is 23.5. The summed E-state index contributed by atoms with van der Waals surface area (Å²) >= 11 is -2.94. The summed E-state index contributed by atoms with van der Waals surface area (Å²) in [4.78, 5) is 26.1. The predicted octanol–water partition coefficient (Wildman–Crippen LogP) is 6.15. The molecule has 3 nitrogen and oxygen atoms in total. The fraction of sp³-hybridized carbons (Fsp3) is 0.727. The molecule has 0 aromatic carbocycles. The Kier molecular flexibility index (Phi) is 10.2. The molecular formula is C22H38O3Sn. The molecule has 0 N–H and O–H groups in total. The molecule has 0 aromatic heterocycles. The van der Waals surface area contributed by atoms with Crippen molar-refractivity contribution in [3.05, 3.63) is 21.0 Å². The fourth-order valence-corrected chi connectivity index (χ4v) is 20.0. The Morgan fingerprint density at radius 3 is 1.77 bits per heavy atom. The van der Waals surface area contributed by atoms with Crippen molar-refractivity contribution in [2.75, 3.05) is 0 Å². The fourth-order valence-electron chi connectivity index (χ4n) is 3.81. The summed E-state index contributed by atoms with van der Waals surface area (Å²) in [5.74, 6) is 0.351. The summed E-state index contributed by atoms with van der Waals surface area (Å²) in [6.45, 7) is 12.2. The van der Waals surface area contributed by atoms with Crippen molar-refractivity contribution in [2.45, 2.75) is 99.5 Å². The number of allylic oxidation sites excluding steroid dienone is 3. The summed E-state index contributed by atoms with van der Waals surface area (Å²) in [6.07, 6.45) is 8.59. The van der Waals surface area contributed by atoms with E-state index < -0.39 is 18.4 Å². The molecule has 0 bridgehead atoms. The van der Waals surface area contributed by atoms with Crippen LogP contribution in [0.3, 0.4) is 0 Å². The van der Waals surface area contributed by atoms with E-state index in [9.17, 15) is 9.59 Å². The summed E-state index contributed by atoms with van der Waals surface area (Å²) in [7, 11) is 0. The minimum absolute atomic E-state index is 0.0131. The van der Waals surface area contributed by atoms with E-state index >= 15 is 0 Å². The average Bonchev–Trinajstić information content (AvgIpc) is 2.61. The van der Waals surface area contributed by atoms with Gasteiger partial charge in [-0.25, -0.2) is 0 Å². The number of hydrogen-bond donors (Lipinski definition) is 0. The van der Waals surface area contributed by atoms with Gasteiger partial charge in [-0.2, -0.15) is 0 Å². The van der Waals surface area contributed by atoms with Gasteiger partial charge >= 0.3 is 165 Å². The standard InChI is InChI=1S/C10H11O3.3C4H9.Sn/c1-6(2)13-10-7(3)8(11)4-5-9(10)12;3*1-3-4-2;/h4,6H,1-3H3;3*1,3-4H2,2H3;. The predicted molar refractivity (Wildman–Crippen MR) is 112 cm³/mol. The molecular weight excluding hydrogens is 431 g/mol. The second-order valence-electron chi connectivity index (χ2n) is 7.96. The molecule has 0 aromatic rings. The summed E-state index contributed by atoms with van der Waals surface area (Å²) in [5.41, 5.74) is 0.481. The maximum absolute atomic E-state index is 13.4. The zero-order valence-corrected chi connectivity index (χ0v) is 20.6. The van der Waals surface area contributed by atoms with Gasteiger partial charge in [0.25, 0.3) is 0 Å². The number of unbranched alkanes of at least 4 members (excludes halogenated alkanes) is 3. The SMILES string of the molecule is CCC[CH2][Sn]([CH2]CCC)([CH2]CCC)[C]1=CC(=O)C(C)=C(OC(C)C)C1=O. The van der Waals surface area contributed by atoms with E-state index in [0.29, 0.717) is 11.3 Å². The van der Waals surface area contributed by atoms with Gasteiger partial charge in [0.1, 0.15) is 0 Å². The van der Waals surface area contributed by atoms with Crippen LogP contribution >= 0.6 is 0 Å². The topological polar surface area (TPSA) is 43.4 Å². The Labute approximate surface area is 164 Å². The van der Waals surface area contributed by atoms with Crippen molar-refractivity contribution >= 4 is 29.9 Å². The Hall–Kier alpha value is -0.581. The van der Waals surface area contributed by atoms with Gasteiger partial charge in [0.05, 0.1) is 0 Å². The van der Waals surface area contributed by atoms with Crippen LogP contribution in [0.25, 0.3) is 0 Å². The number of carbonyl (C=O) groups is 2. The molecule has 26 heavy (non-hydrogen) atoms. The van der Waals surface area contributed by atoms with E-state index in [2.05, 4.69) is 20.8 Å². The molecule has 0 saturated carbocycles. The van der Waals surface area contributed by atoms with E-state index in [1.807, 2.05) is 13.8 Å². The van der Waals surface area contributed by atoms with Gasteiger partial charge in [-0.05, 0) is 0 Å². The third-order valence-electron chi connectivity index (χ3n) is 5.39. The number of rotatable bonds is 12. The second kappa shape index (κ2) is 11.3. The van der Waals surface area contributed by atoms with Crippen LogP contribution < -0.4 is 0 Å². The van der Waals surface area contributed by atoms with E-state index in [0.717, 1.165) is 22.9 Å². The number of carbonyl (C=O) groups excluding carboxylic acids is 2. The summed E-state index contributed by atoms with van der Waals surface area (Å²) in [5, 5.41) is 0. The van der Waals surface area contributed by atoms with Gasteiger partial charge in [0.2, 0.25) is 0 Å². The van der Waals surface area contributed by atoms with Crippen LogP contribution in [0.15, 0.2) is 21.0 Å². The molecule has 0 unspecified atom stereocenters. The Morgan fingerprint density at radius 2 is 1.38 bits per heavy atom. The molecule has 4 heteroatoms. The number of Topliss-reactive ketones (excluding diaryl/α,β-unsaturated/α-hetero) is 1. The van der Waals surface area contributed by atoms with Gasteiger partial charge in [-0.3, -0.25) is 0 Å². The molecule has 0 aliphatic heterocycles. The Morgan fingerprint density at radius 1 is 0.923 bits per heavy atom. The van der Waals surface area contributed by atoms with Gasteiger partial charge in [0.15, 0.2) is 0 Å². The van der Waals surface area contributed by atoms with Crippen LogP contribution in [0, 0.1) is 0 Å². The van der Waals surface area contributed by atoms with Crippen molar-refractivity contribution in [2.24, 2.45) is 0 Å². The van der Waals surface area contributed by atoms with E-state index in [-0.39, 0.29) is 17.7 Å². The van der Waals surface area contributed by atoms with Crippen LogP contribution in [0.2, 0.25) is 13.3 Å². The van der Waals surface area contributed by atoms with E-state index in [1.54, 1.807) is 13.0 Å². The van der Waals surface area contributed by atoms with Crippen molar-refractivity contribution in [3.8, 4) is 0 Å². The first-order chi connectivity index (χ1) is 12.3. The molecule has 1 aliphatic carbocycles. The first-order valence-electron chi connectivity index (χ1n) is 10.5. The molecule has 0 spiro atoms. The molecule has 1 aliphatic rings. The van der Waals surface area contributed by atoms with Gasteiger partial charge < -0.3 is 0 Å². The van der Waals surface area contributed by atoms with Gasteiger partial charge in [-0.1, -0.05) is 0 Å². The molecule has 1 rings (SSSR count). The van der Waals surface area contributed by atoms with Crippen molar-refractivity contribution in [1.82, 2.24) is 0 Å². The number of hydrogen-bond acceptors (Lipinski definition) is 3. The molecule has 0 fully saturated rings. The van der Waals surface area contributed by atoms with Crippen molar-refractivity contribution in [1.29, 1.82) is 0 Å². The molecule has 0 radical (unpaired) electrons. The Bertz CT molecular complexity index is 536. The molecule has 148 valence electrons. The van der Waals surface area contributed by atoms with E-state index in [1.165, 1.54) is 32.6 Å². The summed E-state index contributed by atoms with van der Waals surface area (Å²) < 4.78 is 10.3. The third kappa shape index (κ3) is 5.97. The number of ketones is 2. The normalized spacial score (nSPS) is 15.7. The average molecular weight is 469 g/mol. The molecule has 0 atom stereocenters. The maximum atomic E-state index is 13.4. The van der Waals surface area contributed by atoms with Crippen LogP contribution in [0.5, 0.6) is 0 Å². The van der Waals surface area contributed by atoms with Crippen molar-refractivity contribution in [3.63, 3.8) is 0 Å². The minimum atomic E-state index is -2.94. The van der Waals surface area contributed by atoms with Crippen LogP contribution in [-0.2, 0) is 14.3 Å². The van der Waals surface area contributed by atoms with Crippen molar-refractivity contribution < 1.29 is 14.3 Å². The zero-order valence-electron chi connectivity index (χ0n) is 17.7. The van der Waals surface area contributed by atoms with Gasteiger partial charge in [0, 0.05) is 0 Å². The monoisotopic (exact) mass is 470 g/mol. The summed E-state index contributed by atoms with van der Waals surface area (Å²) in [6, 6.07) is 0. The molecule has 0 amide bonds. The molecule has 0 saturated heterocycles. The Balaban J connectivity index is 3.35.